The third-order valence-electron chi connectivity index (χ3n) is 16.4. The maximum atomic E-state index is 14.2. The molecule has 5 aliphatic heterocycles. The molecule has 101 heavy (non-hydrogen) atoms. The highest BCUT2D eigenvalue weighted by molar-refractivity contribution is 7.48. The molecule has 53 heteroatoms. The van der Waals surface area contributed by atoms with Crippen molar-refractivity contribution >= 4 is 94.3 Å². The summed E-state index contributed by atoms with van der Waals surface area (Å²) in [7, 11) is -21.6. The Balaban J connectivity index is 0.689. The van der Waals surface area contributed by atoms with Gasteiger partial charge in [-0.2, -0.15) is 24.9 Å². The fourth-order valence-corrected chi connectivity index (χ4v) is 15.6. The summed E-state index contributed by atoms with van der Waals surface area (Å²) in [6.45, 7) is -4.65. The summed E-state index contributed by atoms with van der Waals surface area (Å²) in [5, 5.41) is 21.1. The average Bonchev–Trinajstić information content (AvgIpc) is 1.65. The van der Waals surface area contributed by atoms with Crippen molar-refractivity contribution in [1.29, 1.82) is 0 Å². The smallest absolute Gasteiger partial charge is 0.394 e. The van der Waals surface area contributed by atoms with Crippen molar-refractivity contribution < 1.29 is 108 Å². The van der Waals surface area contributed by atoms with Crippen molar-refractivity contribution in [1.82, 2.24) is 77.7 Å². The van der Waals surface area contributed by atoms with Crippen molar-refractivity contribution in [2.75, 3.05) is 61.7 Å². The number of imidazole rings is 3. The van der Waals surface area contributed by atoms with E-state index in [0.717, 1.165) is 21.7 Å². The van der Waals surface area contributed by atoms with Crippen LogP contribution in [-0.4, -0.2) is 202 Å². The lowest BCUT2D eigenvalue weighted by Crippen LogP contribution is -2.32. The van der Waals surface area contributed by atoms with Crippen LogP contribution in [0.25, 0.3) is 33.5 Å². The predicted molar refractivity (Wildman–Crippen MR) is 332 cm³/mol. The summed E-state index contributed by atoms with van der Waals surface area (Å²) in [6, 6.07) is 2.43. The monoisotopic (exact) mass is 1500 g/mol. The zero-order valence-electron chi connectivity index (χ0n) is 51.4. The summed E-state index contributed by atoms with van der Waals surface area (Å²) in [6.07, 6.45) is -17.7. The zero-order valence-corrected chi connectivity index (χ0v) is 55.0. The molecule has 0 aromatic carbocycles. The lowest BCUT2D eigenvalue weighted by molar-refractivity contribution is -0.0643. The molecule has 5 fully saturated rings. The van der Waals surface area contributed by atoms with Crippen LogP contribution >= 0.6 is 31.3 Å². The fourth-order valence-electron chi connectivity index (χ4n) is 11.8. The van der Waals surface area contributed by atoms with Crippen LogP contribution in [0.2, 0.25) is 0 Å². The molecule has 8 aromatic heterocycles. The van der Waals surface area contributed by atoms with Gasteiger partial charge >= 0.3 is 42.7 Å². The number of aromatic amines is 3. The number of hydrogen-bond donors (Lipinski definition) is 14. The zero-order chi connectivity index (χ0) is 71.8. The largest absolute Gasteiger partial charge is 0.472 e. The van der Waals surface area contributed by atoms with E-state index in [0.29, 0.717) is 0 Å². The van der Waals surface area contributed by atoms with Crippen LogP contribution in [0.3, 0.4) is 0 Å². The number of nitrogen functional groups attached to an aromatic ring is 5. The number of hydrogen-bond acceptors (Lipinski definition) is 37. The molecule has 13 rings (SSSR count). The van der Waals surface area contributed by atoms with Gasteiger partial charge in [-0.15, -0.1) is 0 Å². The molecule has 49 nitrogen and oxygen atoms in total. The van der Waals surface area contributed by atoms with Crippen LogP contribution < -0.4 is 56.7 Å². The first-order chi connectivity index (χ1) is 47.8. The van der Waals surface area contributed by atoms with Crippen LogP contribution in [0, 0.1) is 0 Å². The van der Waals surface area contributed by atoms with Crippen LogP contribution in [0.1, 0.15) is 63.2 Å². The molecule has 5 aliphatic rings. The van der Waals surface area contributed by atoms with E-state index in [-0.39, 0.29) is 75.8 Å². The van der Waals surface area contributed by atoms with Crippen molar-refractivity contribution in [3.63, 3.8) is 0 Å². The molecular weight excluding hydrogens is 1440 g/mol. The summed E-state index contributed by atoms with van der Waals surface area (Å²) < 4.78 is 135. The van der Waals surface area contributed by atoms with E-state index in [4.69, 9.17) is 88.5 Å². The predicted octanol–water partition coefficient (Wildman–Crippen LogP) is -3.39. The molecule has 0 radical (unpaired) electrons. The molecule has 0 bridgehead atoms. The highest BCUT2D eigenvalue weighted by atomic mass is 31.2. The molecular formula is C48H61N21O28P4. The summed E-state index contributed by atoms with van der Waals surface area (Å²) in [4.78, 5) is 147. The molecule has 5 saturated heterocycles. The van der Waals surface area contributed by atoms with Gasteiger partial charge in [0.25, 0.3) is 16.7 Å². The van der Waals surface area contributed by atoms with Gasteiger partial charge in [0, 0.05) is 44.5 Å². The molecule has 4 unspecified atom stereocenters. The highest BCUT2D eigenvalue weighted by Crippen LogP contribution is 2.55. The van der Waals surface area contributed by atoms with Crippen molar-refractivity contribution in [2.45, 2.75) is 124 Å². The Bertz CT molecular complexity index is 4970. The fraction of sp³-hybridized carbons (Fsp3) is 0.521. The minimum absolute atomic E-state index is 0.00914. The highest BCUT2D eigenvalue weighted by Gasteiger charge is 2.50. The number of fused-ring (bicyclic) bond motifs is 3. The van der Waals surface area contributed by atoms with Gasteiger partial charge in [0.15, 0.2) is 33.5 Å². The quantitative estimate of drug-likeness (QED) is 0.0235. The Morgan fingerprint density at radius 3 is 1.05 bits per heavy atom. The summed E-state index contributed by atoms with van der Waals surface area (Å²) in [5.41, 5.74) is 24.1. The first kappa shape index (κ1) is 71.4. The molecule has 8 aromatic rings. The maximum Gasteiger partial charge on any atom is 0.472 e. The molecule has 19 N–H and O–H groups in total. The van der Waals surface area contributed by atoms with E-state index in [9.17, 15) is 72.0 Å². The van der Waals surface area contributed by atoms with E-state index in [2.05, 4.69) is 54.8 Å². The van der Waals surface area contributed by atoms with E-state index >= 15 is 0 Å². The molecule has 0 amide bonds. The average molecular weight is 1500 g/mol. The van der Waals surface area contributed by atoms with E-state index in [1.165, 1.54) is 44.7 Å². The topological polar surface area (TPSA) is 700 Å². The minimum atomic E-state index is -5.52. The van der Waals surface area contributed by atoms with Gasteiger partial charge in [-0.25, -0.2) is 42.8 Å². The number of aliphatic hydroxyl groups is 2. The Kier molecular flexibility index (Phi) is 19.8. The van der Waals surface area contributed by atoms with Gasteiger partial charge < -0.3 is 82.1 Å². The van der Waals surface area contributed by atoms with Gasteiger partial charge in [-0.05, 0) is 12.1 Å². The lowest BCUT2D eigenvalue weighted by Gasteiger charge is -2.25. The number of anilines is 5. The number of phosphoric ester groups is 4. The van der Waals surface area contributed by atoms with E-state index in [1.807, 2.05) is 0 Å². The number of rotatable bonds is 26. The lowest BCUT2D eigenvalue weighted by atomic mass is 10.2. The second kappa shape index (κ2) is 28.0. The number of aromatic nitrogens is 16. The van der Waals surface area contributed by atoms with Crippen LogP contribution in [0.4, 0.5) is 29.5 Å². The Morgan fingerprint density at radius 1 is 0.436 bits per heavy atom. The second-order valence-corrected chi connectivity index (χ2v) is 28.7. The first-order valence-electron chi connectivity index (χ1n) is 29.9. The Hall–Kier alpha value is -8.03. The van der Waals surface area contributed by atoms with Crippen LogP contribution in [0.15, 0.2) is 67.5 Å². The molecule has 0 saturated carbocycles. The number of ether oxygens (including phenoxy) is 5. The molecule has 0 aliphatic carbocycles. The molecule has 19 atom stereocenters. The molecule has 546 valence electrons. The maximum absolute atomic E-state index is 14.2. The van der Waals surface area contributed by atoms with Gasteiger partial charge in [-0.1, -0.05) is 0 Å². The number of nitrogens with two attached hydrogens (primary N) is 5. The van der Waals surface area contributed by atoms with E-state index < -0.39 is 204 Å². The number of aliphatic hydroxyl groups excluding tert-OH is 2. The van der Waals surface area contributed by atoms with Gasteiger partial charge in [-0.3, -0.25) is 88.4 Å². The Labute approximate surface area is 559 Å². The Morgan fingerprint density at radius 2 is 0.723 bits per heavy atom. The van der Waals surface area contributed by atoms with E-state index in [1.54, 1.807) is 0 Å². The SMILES string of the molecule is Nc1ccn([C@H]2C[C@H](OP(=O)(O)OC[C@H]3O[C@@H](n4cnc5c(=O)[nH]c(N)nc54)C[C@@H]3O)[C@@H](COP(=O)(O)O[C@H]3C[C@H](n4ccc(N)nc4=O)O[C@@H]3COP(=O)(O)O[C@H]3C[C@H](n4cnc5c(=O)[nH]c(N)nc54)O[C@@H]3COP(=O)(O)O[C@H]3C[C@H](n4cnc5c(=O)[nH]c(N)nc54)O[C@@H]3CO)O2)c(=O)n1. The number of H-pyrrole nitrogens is 3. The minimum Gasteiger partial charge on any atom is -0.394 e. The molecule has 0 spiro atoms. The van der Waals surface area contributed by atoms with Gasteiger partial charge in [0.1, 0.15) is 97.7 Å². The van der Waals surface area contributed by atoms with Crippen molar-refractivity contribution in [3.05, 3.63) is 95.5 Å². The van der Waals surface area contributed by atoms with Crippen molar-refractivity contribution in [2.24, 2.45) is 0 Å². The number of nitrogens with one attached hydrogen (secondary N) is 3. The summed E-state index contributed by atoms with van der Waals surface area (Å²) in [5.74, 6) is -1.25. The van der Waals surface area contributed by atoms with Crippen LogP contribution in [0.5, 0.6) is 0 Å². The van der Waals surface area contributed by atoms with Crippen molar-refractivity contribution in [3.8, 4) is 0 Å². The number of nitrogens with zero attached hydrogens (tertiary/aromatic N) is 13. The normalized spacial score (nSPS) is 29.4. The standard InChI is InChI=1S/C48H61N21O28P4/c49-28-1-3-65(47(75)57-28)31-7-20(95-98(77,78)85-11-24-18(71)5-30(90-24)67-15-54-35-38(67)59-44(51)62-41(35)72)25(91-31)12-87-100(81,82)96-21-8-32(66-4-2-29(50)58-48(66)76)92-26(21)13-88-101(83,84)97-22-9-34(69-17-56-37-40(69)61-46(53)64-43(37)74)93-27(22)14-86-99(79,80)94-19-6-33(89-23(19)10-70)68-16-55-36-39(68)60-45(52)63-42(36)73/h1-4,15-27,30-34,70-71H,5-14H2,(H,77,78)(H,79,80)(H,81,82)(H,83,84)(H2,49,57,75)(H2,50,58,76)(H3,51,59,62,72)(H3,52,60,63,73)(H3,53,61,64,74)/t18-,19-,20-,21-,22-,23+,24+,25+,26+,27+,30+,31+,32+,33+,34+/m0/s1. The third kappa shape index (κ3) is 15.5. The van der Waals surface area contributed by atoms with Crippen LogP contribution in [-0.2, 0) is 78.1 Å². The summed E-state index contributed by atoms with van der Waals surface area (Å²) >= 11 is 0. The van der Waals surface area contributed by atoms with Gasteiger partial charge in [0.05, 0.1) is 58.1 Å². The number of phosphoric acid groups is 4. The first-order valence-corrected chi connectivity index (χ1v) is 35.9. The third-order valence-corrected chi connectivity index (χ3v) is 20.4. The second-order valence-electron chi connectivity index (χ2n) is 23.1. The molecule has 13 heterocycles. The van der Waals surface area contributed by atoms with Gasteiger partial charge in [0.2, 0.25) is 17.8 Å².